The predicted molar refractivity (Wildman–Crippen MR) is 52.2 cm³/mol. The molecule has 0 radical (unpaired) electrons. The van der Waals surface area contributed by atoms with Crippen molar-refractivity contribution >= 4 is 9.84 Å². The van der Waals surface area contributed by atoms with Crippen LogP contribution >= 0.6 is 0 Å². The molecule has 0 aromatic carbocycles. The first-order chi connectivity index (χ1) is 5.92. The topological polar surface area (TPSA) is 54.4 Å². The maximum Gasteiger partial charge on any atom is 0.150 e. The molecule has 1 rings (SSSR count). The van der Waals surface area contributed by atoms with Crippen LogP contribution in [-0.2, 0) is 9.84 Å². The van der Waals surface area contributed by atoms with Gasteiger partial charge in [-0.05, 0) is 31.6 Å². The second kappa shape index (κ2) is 3.96. The van der Waals surface area contributed by atoms with Crippen molar-refractivity contribution in [3.8, 4) is 0 Å². The van der Waals surface area contributed by atoms with Crippen LogP contribution < -0.4 is 0 Å². The molecular weight excluding hydrogens is 188 g/mol. The summed E-state index contributed by atoms with van der Waals surface area (Å²) in [7, 11) is -2.76. The van der Waals surface area contributed by atoms with Gasteiger partial charge in [-0.2, -0.15) is 0 Å². The highest BCUT2D eigenvalue weighted by molar-refractivity contribution is 7.91. The molecule has 1 heterocycles. The molecule has 4 heteroatoms. The van der Waals surface area contributed by atoms with Crippen molar-refractivity contribution in [3.63, 3.8) is 0 Å². The molecule has 1 aliphatic heterocycles. The normalized spacial score (nSPS) is 28.2. The first-order valence-corrected chi connectivity index (χ1v) is 6.63. The molecule has 1 fully saturated rings. The third kappa shape index (κ3) is 2.95. The zero-order valence-corrected chi connectivity index (χ0v) is 9.05. The standard InChI is InChI=1S/C9H18O3S/c1-7(8(2)10)9-3-5-13(11,12)6-4-9/h7-10H,3-6H2,1-2H3. The second-order valence-corrected chi connectivity index (χ2v) is 6.39. The van der Waals surface area contributed by atoms with Crippen molar-refractivity contribution in [2.24, 2.45) is 11.8 Å². The van der Waals surface area contributed by atoms with Crippen LogP contribution in [0.15, 0.2) is 0 Å². The lowest BCUT2D eigenvalue weighted by Crippen LogP contribution is -2.31. The minimum atomic E-state index is -2.76. The van der Waals surface area contributed by atoms with Crippen molar-refractivity contribution in [3.05, 3.63) is 0 Å². The van der Waals surface area contributed by atoms with E-state index in [9.17, 15) is 13.5 Å². The Kier molecular flexibility index (Phi) is 3.35. The lowest BCUT2D eigenvalue weighted by Gasteiger charge is -2.29. The van der Waals surface area contributed by atoms with Gasteiger partial charge in [-0.25, -0.2) is 8.42 Å². The Hall–Kier alpha value is -0.0900. The van der Waals surface area contributed by atoms with Crippen molar-refractivity contribution < 1.29 is 13.5 Å². The first-order valence-electron chi connectivity index (χ1n) is 4.81. The SMILES string of the molecule is CC(O)C(C)C1CCS(=O)(=O)CC1. The zero-order valence-electron chi connectivity index (χ0n) is 8.23. The van der Waals surface area contributed by atoms with Gasteiger partial charge in [-0.1, -0.05) is 6.92 Å². The highest BCUT2D eigenvalue weighted by Gasteiger charge is 2.29. The Morgan fingerprint density at radius 3 is 2.08 bits per heavy atom. The molecular formula is C9H18O3S. The number of hydrogen-bond acceptors (Lipinski definition) is 3. The summed E-state index contributed by atoms with van der Waals surface area (Å²) in [4.78, 5) is 0. The molecule has 1 N–H and O–H groups in total. The second-order valence-electron chi connectivity index (χ2n) is 4.09. The third-order valence-corrected chi connectivity index (χ3v) is 4.82. The zero-order chi connectivity index (χ0) is 10.1. The average molecular weight is 206 g/mol. The van der Waals surface area contributed by atoms with E-state index in [4.69, 9.17) is 0 Å². The van der Waals surface area contributed by atoms with Gasteiger partial charge < -0.3 is 5.11 Å². The van der Waals surface area contributed by atoms with Crippen molar-refractivity contribution in [1.82, 2.24) is 0 Å². The highest BCUT2D eigenvalue weighted by Crippen LogP contribution is 2.27. The highest BCUT2D eigenvalue weighted by atomic mass is 32.2. The van der Waals surface area contributed by atoms with E-state index in [2.05, 4.69) is 0 Å². The quantitative estimate of drug-likeness (QED) is 0.728. The fourth-order valence-electron chi connectivity index (χ4n) is 1.83. The van der Waals surface area contributed by atoms with Crippen LogP contribution in [0.4, 0.5) is 0 Å². The number of aliphatic hydroxyl groups is 1. The van der Waals surface area contributed by atoms with Gasteiger partial charge in [-0.15, -0.1) is 0 Å². The van der Waals surface area contributed by atoms with E-state index in [1.807, 2.05) is 6.92 Å². The lowest BCUT2D eigenvalue weighted by molar-refractivity contribution is 0.0944. The van der Waals surface area contributed by atoms with Crippen LogP contribution in [0, 0.1) is 11.8 Å². The summed E-state index contributed by atoms with van der Waals surface area (Å²) in [6.07, 6.45) is 1.11. The molecule has 2 atom stereocenters. The molecule has 2 unspecified atom stereocenters. The van der Waals surface area contributed by atoms with E-state index in [0.29, 0.717) is 30.3 Å². The smallest absolute Gasteiger partial charge is 0.150 e. The monoisotopic (exact) mass is 206 g/mol. The molecule has 1 aliphatic rings. The molecule has 0 aromatic rings. The number of rotatable bonds is 2. The van der Waals surface area contributed by atoms with Gasteiger partial charge in [0.2, 0.25) is 0 Å². The molecule has 0 amide bonds. The van der Waals surface area contributed by atoms with Gasteiger partial charge in [0.25, 0.3) is 0 Å². The van der Waals surface area contributed by atoms with E-state index >= 15 is 0 Å². The van der Waals surface area contributed by atoms with E-state index in [1.54, 1.807) is 6.92 Å². The van der Waals surface area contributed by atoms with Gasteiger partial charge in [-0.3, -0.25) is 0 Å². The van der Waals surface area contributed by atoms with E-state index < -0.39 is 9.84 Å². The number of aliphatic hydroxyl groups excluding tert-OH is 1. The molecule has 0 saturated carbocycles. The van der Waals surface area contributed by atoms with Gasteiger partial charge in [0.05, 0.1) is 17.6 Å². The average Bonchev–Trinajstić information content (AvgIpc) is 2.03. The summed E-state index contributed by atoms with van der Waals surface area (Å²) < 4.78 is 22.3. The van der Waals surface area contributed by atoms with Crippen molar-refractivity contribution in [1.29, 1.82) is 0 Å². The minimum Gasteiger partial charge on any atom is -0.393 e. The predicted octanol–water partition coefficient (Wildman–Crippen LogP) is 0.828. The van der Waals surface area contributed by atoms with Crippen LogP contribution in [0.25, 0.3) is 0 Å². The van der Waals surface area contributed by atoms with Gasteiger partial charge in [0.15, 0.2) is 0 Å². The van der Waals surface area contributed by atoms with Crippen LogP contribution in [0.5, 0.6) is 0 Å². The Bertz CT molecular complexity index is 242. The van der Waals surface area contributed by atoms with Crippen LogP contribution in [0.2, 0.25) is 0 Å². The van der Waals surface area contributed by atoms with E-state index in [1.165, 1.54) is 0 Å². The molecule has 0 aliphatic carbocycles. The summed E-state index contributed by atoms with van der Waals surface area (Å²) in [5.74, 6) is 1.20. The maximum absolute atomic E-state index is 11.1. The Balaban J connectivity index is 2.50. The molecule has 3 nitrogen and oxygen atoms in total. The Morgan fingerprint density at radius 2 is 1.69 bits per heavy atom. The molecule has 78 valence electrons. The van der Waals surface area contributed by atoms with Crippen LogP contribution in [0.3, 0.4) is 0 Å². The third-order valence-electron chi connectivity index (χ3n) is 3.10. The van der Waals surface area contributed by atoms with E-state index in [-0.39, 0.29) is 12.0 Å². The summed E-state index contributed by atoms with van der Waals surface area (Å²) in [5, 5.41) is 9.35. The molecule has 1 saturated heterocycles. The molecule has 0 aromatic heterocycles. The van der Waals surface area contributed by atoms with Crippen molar-refractivity contribution in [2.45, 2.75) is 32.8 Å². The molecule has 13 heavy (non-hydrogen) atoms. The van der Waals surface area contributed by atoms with Gasteiger partial charge >= 0.3 is 0 Å². The maximum atomic E-state index is 11.1. The van der Waals surface area contributed by atoms with Crippen LogP contribution in [-0.4, -0.2) is 31.1 Å². The number of hydrogen-bond donors (Lipinski definition) is 1. The van der Waals surface area contributed by atoms with Gasteiger partial charge in [0, 0.05) is 0 Å². The first kappa shape index (κ1) is 11.0. The summed E-state index contributed by atoms with van der Waals surface area (Å²) in [6, 6.07) is 0. The lowest BCUT2D eigenvalue weighted by atomic mass is 9.86. The minimum absolute atomic E-state index is 0.218. The van der Waals surface area contributed by atoms with Gasteiger partial charge in [0.1, 0.15) is 9.84 Å². The van der Waals surface area contributed by atoms with Crippen molar-refractivity contribution in [2.75, 3.05) is 11.5 Å². The fraction of sp³-hybridized carbons (Fsp3) is 1.00. The summed E-state index contributed by atoms with van der Waals surface area (Å²) >= 11 is 0. The summed E-state index contributed by atoms with van der Waals surface area (Å²) in [5.41, 5.74) is 0. The molecule has 0 spiro atoms. The number of sulfone groups is 1. The van der Waals surface area contributed by atoms with E-state index in [0.717, 1.165) is 0 Å². The fourth-order valence-corrected chi connectivity index (χ4v) is 3.36. The Labute approximate surface area is 80.1 Å². The Morgan fingerprint density at radius 1 is 1.23 bits per heavy atom. The largest absolute Gasteiger partial charge is 0.393 e. The van der Waals surface area contributed by atoms with Crippen LogP contribution in [0.1, 0.15) is 26.7 Å². The molecule has 0 bridgehead atoms. The summed E-state index contributed by atoms with van der Waals surface area (Å²) in [6.45, 7) is 3.76.